The van der Waals surface area contributed by atoms with E-state index in [2.05, 4.69) is 20.9 Å². The first-order chi connectivity index (χ1) is 25.7. The molecular weight excluding hydrogens is 667 g/mol. The number of carboxylic acid groups (broad SMARTS) is 1. The third kappa shape index (κ3) is 7.88. The van der Waals surface area contributed by atoms with Gasteiger partial charge in [-0.2, -0.15) is 0 Å². The van der Waals surface area contributed by atoms with Gasteiger partial charge >= 0.3 is 12.1 Å². The van der Waals surface area contributed by atoms with Crippen molar-refractivity contribution in [1.29, 1.82) is 0 Å². The highest BCUT2D eigenvalue weighted by atomic mass is 16.5. The molecular formula is C43H41N5O5. The molecule has 0 saturated carbocycles. The van der Waals surface area contributed by atoms with Crippen molar-refractivity contribution in [3.05, 3.63) is 167 Å². The van der Waals surface area contributed by atoms with E-state index in [1.54, 1.807) is 43.5 Å². The van der Waals surface area contributed by atoms with Crippen molar-refractivity contribution >= 4 is 45.9 Å². The number of nitrogens with one attached hydrogen (secondary N) is 3. The van der Waals surface area contributed by atoms with Gasteiger partial charge in [-0.15, -0.1) is 0 Å². The van der Waals surface area contributed by atoms with Gasteiger partial charge in [-0.1, -0.05) is 103 Å². The van der Waals surface area contributed by atoms with Crippen LogP contribution < -0.4 is 20.9 Å². The van der Waals surface area contributed by atoms with Gasteiger partial charge in [0.05, 0.1) is 34.6 Å². The molecule has 5 aromatic carbocycles. The summed E-state index contributed by atoms with van der Waals surface area (Å²) >= 11 is 0. The van der Waals surface area contributed by atoms with E-state index in [1.807, 2.05) is 122 Å². The Morgan fingerprint density at radius 3 is 1.89 bits per heavy atom. The third-order valence-corrected chi connectivity index (χ3v) is 9.12. The highest BCUT2D eigenvalue weighted by Gasteiger charge is 2.40. The SMILES string of the molecule is CCOC(=O)Nc1ccc(N(C)C)cc1C(=O)Nc1ccc(CC(NC(c2ccccc2)(c2ccccc2)c2ccccc2)C(=O)O)c2cccnc12. The largest absolute Gasteiger partial charge is 0.480 e. The smallest absolute Gasteiger partial charge is 0.411 e. The Kier molecular flexibility index (Phi) is 11.1. The lowest BCUT2D eigenvalue weighted by molar-refractivity contribution is -0.139. The molecule has 0 radical (unpaired) electrons. The number of hydrogen-bond donors (Lipinski definition) is 4. The van der Waals surface area contributed by atoms with Gasteiger partial charge in [0.15, 0.2) is 0 Å². The quantitative estimate of drug-likeness (QED) is 0.0899. The molecule has 10 nitrogen and oxygen atoms in total. The first-order valence-electron chi connectivity index (χ1n) is 17.3. The molecule has 1 atom stereocenters. The standard InChI is InChI=1S/C43H41N5O5/c1-4-53-42(52)46-36-25-23-33(48(2)3)28-35(36)40(49)45-37-24-22-29(34-21-14-26-44-39(34)37)27-38(41(50)51)47-43(30-15-8-5-9-16-30,31-17-10-6-11-18-31)32-19-12-7-13-20-32/h5-26,28,38,47H,4,27H2,1-3H3,(H,45,49)(H,46,52)(H,50,51). The molecule has 0 aliphatic carbocycles. The Bertz CT molecular complexity index is 2120. The molecule has 0 saturated heterocycles. The number of nitrogens with zero attached hydrogens (tertiary/aromatic N) is 2. The molecule has 10 heteroatoms. The average Bonchev–Trinajstić information content (AvgIpc) is 3.18. The summed E-state index contributed by atoms with van der Waals surface area (Å²) in [7, 11) is 3.71. The van der Waals surface area contributed by atoms with E-state index in [0.717, 1.165) is 27.9 Å². The van der Waals surface area contributed by atoms with Crippen LogP contribution in [0.3, 0.4) is 0 Å². The fourth-order valence-electron chi connectivity index (χ4n) is 6.58. The van der Waals surface area contributed by atoms with E-state index in [1.165, 1.54) is 0 Å². The molecule has 0 aliphatic heterocycles. The number of pyridine rings is 1. The summed E-state index contributed by atoms with van der Waals surface area (Å²) in [6, 6.07) is 40.8. The van der Waals surface area contributed by atoms with Gasteiger partial charge in [0.1, 0.15) is 6.04 Å². The summed E-state index contributed by atoms with van der Waals surface area (Å²) in [4.78, 5) is 45.9. The second-order valence-electron chi connectivity index (χ2n) is 12.7. The van der Waals surface area contributed by atoms with E-state index in [0.29, 0.717) is 16.6 Å². The maximum absolute atomic E-state index is 13.9. The minimum absolute atomic E-state index is 0.110. The number of aliphatic carboxylic acids is 1. The molecule has 0 bridgehead atoms. The predicted octanol–water partition coefficient (Wildman–Crippen LogP) is 7.70. The number of rotatable bonds is 13. The molecule has 6 rings (SSSR count). The number of ether oxygens (including phenoxy) is 1. The van der Waals surface area contributed by atoms with Gasteiger partial charge in [0.25, 0.3) is 5.91 Å². The van der Waals surface area contributed by atoms with E-state index < -0.39 is 29.6 Å². The van der Waals surface area contributed by atoms with Gasteiger partial charge in [-0.3, -0.25) is 25.2 Å². The fraction of sp³-hybridized carbons (Fsp3) is 0.163. The van der Waals surface area contributed by atoms with Crippen molar-refractivity contribution < 1.29 is 24.2 Å². The number of carbonyl (C=O) groups excluding carboxylic acids is 2. The van der Waals surface area contributed by atoms with Crippen LogP contribution in [0.1, 0.15) is 39.5 Å². The second kappa shape index (κ2) is 16.2. The Morgan fingerprint density at radius 1 is 0.755 bits per heavy atom. The van der Waals surface area contributed by atoms with Crippen molar-refractivity contribution in [3.63, 3.8) is 0 Å². The van der Waals surface area contributed by atoms with Crippen LogP contribution in [0, 0.1) is 0 Å². The highest BCUT2D eigenvalue weighted by molar-refractivity contribution is 6.13. The number of aromatic nitrogens is 1. The Labute approximate surface area is 308 Å². The monoisotopic (exact) mass is 707 g/mol. The van der Waals surface area contributed by atoms with Crippen LogP contribution in [-0.2, 0) is 21.5 Å². The lowest BCUT2D eigenvalue weighted by Gasteiger charge is -2.39. The molecule has 1 heterocycles. The van der Waals surface area contributed by atoms with Crippen molar-refractivity contribution in [3.8, 4) is 0 Å². The molecule has 0 fully saturated rings. The fourth-order valence-corrected chi connectivity index (χ4v) is 6.58. The van der Waals surface area contributed by atoms with Gasteiger partial charge in [0, 0.05) is 31.4 Å². The maximum atomic E-state index is 13.9. The van der Waals surface area contributed by atoms with Crippen LogP contribution in [0.5, 0.6) is 0 Å². The highest BCUT2D eigenvalue weighted by Crippen LogP contribution is 2.38. The summed E-state index contributed by atoms with van der Waals surface area (Å²) in [5, 5.41) is 20.7. The summed E-state index contributed by atoms with van der Waals surface area (Å²) in [6.45, 7) is 1.88. The normalized spacial score (nSPS) is 11.8. The number of amides is 2. The molecule has 4 N–H and O–H groups in total. The Hall–Kier alpha value is -6.52. The predicted molar refractivity (Wildman–Crippen MR) is 209 cm³/mol. The van der Waals surface area contributed by atoms with Crippen molar-refractivity contribution in [1.82, 2.24) is 10.3 Å². The van der Waals surface area contributed by atoms with E-state index in [-0.39, 0.29) is 24.3 Å². The van der Waals surface area contributed by atoms with E-state index >= 15 is 0 Å². The van der Waals surface area contributed by atoms with Crippen molar-refractivity contribution in [2.75, 3.05) is 36.2 Å². The van der Waals surface area contributed by atoms with Gasteiger partial charge < -0.3 is 20.1 Å². The first-order valence-corrected chi connectivity index (χ1v) is 17.3. The topological polar surface area (TPSA) is 133 Å². The van der Waals surface area contributed by atoms with Crippen molar-refractivity contribution in [2.45, 2.75) is 24.9 Å². The second-order valence-corrected chi connectivity index (χ2v) is 12.7. The summed E-state index contributed by atoms with van der Waals surface area (Å²) < 4.78 is 5.05. The van der Waals surface area contributed by atoms with Gasteiger partial charge in [-0.25, -0.2) is 4.79 Å². The minimum Gasteiger partial charge on any atom is -0.480 e. The van der Waals surface area contributed by atoms with Crippen LogP contribution in [0.4, 0.5) is 21.9 Å². The van der Waals surface area contributed by atoms with Crippen LogP contribution in [0.15, 0.2) is 140 Å². The zero-order valence-corrected chi connectivity index (χ0v) is 29.7. The van der Waals surface area contributed by atoms with Crippen LogP contribution in [-0.4, -0.2) is 54.8 Å². The number of carboxylic acids is 1. The lowest BCUT2D eigenvalue weighted by atomic mass is 9.76. The minimum atomic E-state index is -1.05. The zero-order valence-electron chi connectivity index (χ0n) is 29.7. The molecule has 0 aliphatic rings. The van der Waals surface area contributed by atoms with Crippen molar-refractivity contribution in [2.24, 2.45) is 0 Å². The maximum Gasteiger partial charge on any atom is 0.411 e. The number of anilines is 3. The van der Waals surface area contributed by atoms with E-state index in [4.69, 9.17) is 4.74 Å². The van der Waals surface area contributed by atoms with Crippen LogP contribution >= 0.6 is 0 Å². The lowest BCUT2D eigenvalue weighted by Crippen LogP contribution is -2.53. The summed E-state index contributed by atoms with van der Waals surface area (Å²) in [5.74, 6) is -1.49. The molecule has 1 unspecified atom stereocenters. The molecule has 53 heavy (non-hydrogen) atoms. The number of hydrogen-bond acceptors (Lipinski definition) is 7. The first kappa shape index (κ1) is 36.3. The number of carbonyl (C=O) groups is 3. The van der Waals surface area contributed by atoms with Gasteiger partial charge in [-0.05, 0) is 65.9 Å². The molecule has 0 spiro atoms. The van der Waals surface area contributed by atoms with E-state index in [9.17, 15) is 19.5 Å². The third-order valence-electron chi connectivity index (χ3n) is 9.12. The Balaban J connectivity index is 1.38. The molecule has 268 valence electrons. The summed E-state index contributed by atoms with van der Waals surface area (Å²) in [6.07, 6.45) is 1.06. The number of fused-ring (bicyclic) bond motifs is 1. The Morgan fingerprint density at radius 2 is 1.34 bits per heavy atom. The van der Waals surface area contributed by atoms with Gasteiger partial charge in [0.2, 0.25) is 0 Å². The molecule has 1 aromatic heterocycles. The number of benzene rings is 5. The molecule has 2 amide bonds. The van der Waals surface area contributed by atoms with Crippen LogP contribution in [0.25, 0.3) is 10.9 Å². The average molecular weight is 708 g/mol. The zero-order chi connectivity index (χ0) is 37.4. The molecule has 6 aromatic rings. The van der Waals surface area contributed by atoms with Crippen LogP contribution in [0.2, 0.25) is 0 Å². The summed E-state index contributed by atoms with van der Waals surface area (Å²) in [5.41, 5.74) is 4.59.